The second-order valence-corrected chi connectivity index (χ2v) is 7.14. The molecule has 1 aliphatic rings. The standard InChI is InChI=1S/C18H17ClN2O3S/c1-10-15(17(22)24-3)16(20-18(23)21(10)2)14-9-8-13(25-14)11-6-4-5-7-12(11)19/h4-9,16H,1-3H3,(H,20,23). The summed E-state index contributed by atoms with van der Waals surface area (Å²) in [6, 6.07) is 10.6. The van der Waals surface area contributed by atoms with E-state index in [-0.39, 0.29) is 6.03 Å². The van der Waals surface area contributed by atoms with E-state index < -0.39 is 12.0 Å². The quantitative estimate of drug-likeness (QED) is 0.816. The maximum Gasteiger partial charge on any atom is 0.338 e. The van der Waals surface area contributed by atoms with Crippen LogP contribution in [-0.2, 0) is 9.53 Å². The third-order valence-corrected chi connectivity index (χ3v) is 5.72. The Balaban J connectivity index is 2.05. The van der Waals surface area contributed by atoms with E-state index in [1.165, 1.54) is 23.3 Å². The molecule has 0 aliphatic carbocycles. The lowest BCUT2D eigenvalue weighted by atomic mass is 10.0. The molecule has 0 bridgehead atoms. The average Bonchev–Trinajstić information content (AvgIpc) is 3.09. The predicted octanol–water partition coefficient (Wildman–Crippen LogP) is 4.21. The lowest BCUT2D eigenvalue weighted by Gasteiger charge is -2.32. The summed E-state index contributed by atoms with van der Waals surface area (Å²) in [6.45, 7) is 1.74. The number of nitrogens with zero attached hydrogens (tertiary/aromatic N) is 1. The third kappa shape index (κ3) is 3.15. The molecule has 0 radical (unpaired) electrons. The van der Waals surface area contributed by atoms with Crippen LogP contribution in [0.5, 0.6) is 0 Å². The van der Waals surface area contributed by atoms with Crippen LogP contribution in [0.25, 0.3) is 10.4 Å². The topological polar surface area (TPSA) is 58.6 Å². The molecule has 1 atom stereocenters. The normalized spacial score (nSPS) is 17.5. The molecule has 1 unspecified atom stereocenters. The fourth-order valence-corrected chi connectivity index (χ4v) is 4.14. The molecule has 0 saturated heterocycles. The van der Waals surface area contributed by atoms with Gasteiger partial charge in [0.1, 0.15) is 0 Å². The fourth-order valence-electron chi connectivity index (χ4n) is 2.74. The second-order valence-electron chi connectivity index (χ2n) is 5.61. The van der Waals surface area contributed by atoms with E-state index in [1.807, 2.05) is 36.4 Å². The van der Waals surface area contributed by atoms with E-state index in [9.17, 15) is 9.59 Å². The smallest absolute Gasteiger partial charge is 0.338 e. The minimum atomic E-state index is -0.544. The number of hydrogen-bond acceptors (Lipinski definition) is 4. The Labute approximate surface area is 154 Å². The van der Waals surface area contributed by atoms with Crippen molar-refractivity contribution in [2.24, 2.45) is 0 Å². The average molecular weight is 377 g/mol. The highest BCUT2D eigenvalue weighted by molar-refractivity contribution is 7.15. The summed E-state index contributed by atoms with van der Waals surface area (Å²) >= 11 is 7.75. The number of hydrogen-bond donors (Lipinski definition) is 1. The van der Waals surface area contributed by atoms with Crippen molar-refractivity contribution >= 4 is 34.9 Å². The molecule has 1 aromatic heterocycles. The van der Waals surface area contributed by atoms with Gasteiger partial charge in [-0.25, -0.2) is 9.59 Å². The number of urea groups is 1. The van der Waals surface area contributed by atoms with Crippen molar-refractivity contribution in [1.29, 1.82) is 0 Å². The monoisotopic (exact) mass is 376 g/mol. The molecule has 25 heavy (non-hydrogen) atoms. The van der Waals surface area contributed by atoms with Crippen LogP contribution in [-0.4, -0.2) is 31.1 Å². The van der Waals surface area contributed by atoms with Crippen molar-refractivity contribution in [1.82, 2.24) is 10.2 Å². The molecule has 2 aromatic rings. The first kappa shape index (κ1) is 17.5. The van der Waals surface area contributed by atoms with Crippen LogP contribution >= 0.6 is 22.9 Å². The largest absolute Gasteiger partial charge is 0.466 e. The van der Waals surface area contributed by atoms with Gasteiger partial charge in [0.2, 0.25) is 0 Å². The number of amides is 2. The lowest BCUT2D eigenvalue weighted by molar-refractivity contribution is -0.136. The zero-order chi connectivity index (χ0) is 18.1. The molecule has 3 rings (SSSR count). The Morgan fingerprint density at radius 3 is 2.68 bits per heavy atom. The van der Waals surface area contributed by atoms with Gasteiger partial charge in [-0.15, -0.1) is 11.3 Å². The second kappa shape index (κ2) is 6.90. The van der Waals surface area contributed by atoms with Crippen molar-refractivity contribution in [3.05, 3.63) is 57.6 Å². The number of rotatable bonds is 3. The van der Waals surface area contributed by atoms with E-state index in [0.29, 0.717) is 16.3 Å². The first-order chi connectivity index (χ1) is 11.9. The third-order valence-electron chi connectivity index (χ3n) is 4.21. The molecule has 1 aliphatic heterocycles. The first-order valence-electron chi connectivity index (χ1n) is 7.62. The number of ether oxygens (including phenoxy) is 1. The van der Waals surface area contributed by atoms with Crippen molar-refractivity contribution in [3.8, 4) is 10.4 Å². The van der Waals surface area contributed by atoms with E-state index in [2.05, 4.69) is 5.32 Å². The molecule has 0 saturated carbocycles. The summed E-state index contributed by atoms with van der Waals surface area (Å²) in [7, 11) is 2.95. The number of esters is 1. The zero-order valence-corrected chi connectivity index (χ0v) is 15.6. The van der Waals surface area contributed by atoms with Crippen LogP contribution in [0.3, 0.4) is 0 Å². The van der Waals surface area contributed by atoms with Crippen LogP contribution in [0.15, 0.2) is 47.7 Å². The van der Waals surface area contributed by atoms with Gasteiger partial charge in [-0.1, -0.05) is 29.8 Å². The van der Waals surface area contributed by atoms with Crippen molar-refractivity contribution in [2.75, 3.05) is 14.2 Å². The molecule has 130 valence electrons. The highest BCUT2D eigenvalue weighted by Gasteiger charge is 2.35. The molecule has 7 heteroatoms. The molecular weight excluding hydrogens is 360 g/mol. The van der Waals surface area contributed by atoms with Crippen LogP contribution in [0.2, 0.25) is 5.02 Å². The minimum absolute atomic E-state index is 0.261. The summed E-state index contributed by atoms with van der Waals surface area (Å²) in [4.78, 5) is 27.7. The van der Waals surface area contributed by atoms with Crippen LogP contribution in [0.1, 0.15) is 17.8 Å². The molecule has 1 N–H and O–H groups in total. The number of carbonyl (C=O) groups is 2. The Kier molecular flexibility index (Phi) is 4.83. The highest BCUT2D eigenvalue weighted by atomic mass is 35.5. The van der Waals surface area contributed by atoms with E-state index in [0.717, 1.165) is 15.3 Å². The van der Waals surface area contributed by atoms with Gasteiger partial charge in [-0.05, 0) is 25.1 Å². The van der Waals surface area contributed by atoms with E-state index >= 15 is 0 Å². The van der Waals surface area contributed by atoms with Crippen molar-refractivity contribution in [2.45, 2.75) is 13.0 Å². The molecule has 1 aromatic carbocycles. The molecule has 5 nitrogen and oxygen atoms in total. The van der Waals surface area contributed by atoms with Gasteiger partial charge in [-0.2, -0.15) is 0 Å². The summed E-state index contributed by atoms with van der Waals surface area (Å²) < 4.78 is 4.91. The van der Waals surface area contributed by atoms with Gasteiger partial charge < -0.3 is 15.0 Å². The van der Waals surface area contributed by atoms with Crippen LogP contribution in [0.4, 0.5) is 4.79 Å². The summed E-state index contributed by atoms with van der Waals surface area (Å²) in [5.41, 5.74) is 1.92. The molecule has 0 spiro atoms. The number of benzene rings is 1. The van der Waals surface area contributed by atoms with Gasteiger partial charge in [0, 0.05) is 33.1 Å². The summed E-state index contributed by atoms with van der Waals surface area (Å²) in [5, 5.41) is 3.52. The van der Waals surface area contributed by atoms with Crippen LogP contribution < -0.4 is 5.32 Å². The minimum Gasteiger partial charge on any atom is -0.466 e. The maximum absolute atomic E-state index is 12.3. The predicted molar refractivity (Wildman–Crippen MR) is 98.5 cm³/mol. The van der Waals surface area contributed by atoms with Crippen molar-refractivity contribution < 1.29 is 14.3 Å². The lowest BCUT2D eigenvalue weighted by Crippen LogP contribution is -2.45. The molecule has 2 amide bonds. The van der Waals surface area contributed by atoms with Crippen LogP contribution in [0, 0.1) is 0 Å². The number of halogens is 1. The highest BCUT2D eigenvalue weighted by Crippen LogP contribution is 2.39. The number of thiophene rings is 1. The summed E-state index contributed by atoms with van der Waals surface area (Å²) in [5.74, 6) is -0.456. The number of methoxy groups -OCH3 is 1. The molecule has 0 fully saturated rings. The first-order valence-corrected chi connectivity index (χ1v) is 8.81. The van der Waals surface area contributed by atoms with Crippen molar-refractivity contribution in [3.63, 3.8) is 0 Å². The van der Waals surface area contributed by atoms with Gasteiger partial charge in [-0.3, -0.25) is 0 Å². The van der Waals surface area contributed by atoms with Gasteiger partial charge in [0.05, 0.1) is 18.7 Å². The SMILES string of the molecule is COC(=O)C1=C(C)N(C)C(=O)NC1c1ccc(-c2ccccc2Cl)s1. The molecule has 2 heterocycles. The van der Waals surface area contributed by atoms with Gasteiger partial charge >= 0.3 is 12.0 Å². The van der Waals surface area contributed by atoms with E-state index in [4.69, 9.17) is 16.3 Å². The van der Waals surface area contributed by atoms with Gasteiger partial charge in [0.25, 0.3) is 0 Å². The Bertz CT molecular complexity index is 875. The number of carbonyl (C=O) groups excluding carboxylic acids is 2. The summed E-state index contributed by atoms with van der Waals surface area (Å²) in [6.07, 6.45) is 0. The number of nitrogens with one attached hydrogen (secondary N) is 1. The Morgan fingerprint density at radius 1 is 1.28 bits per heavy atom. The molecular formula is C18H17ClN2O3S. The Morgan fingerprint density at radius 2 is 2.00 bits per heavy atom. The fraction of sp³-hybridized carbons (Fsp3) is 0.222. The van der Waals surface area contributed by atoms with E-state index in [1.54, 1.807) is 14.0 Å². The van der Waals surface area contributed by atoms with Gasteiger partial charge in [0.15, 0.2) is 0 Å². The zero-order valence-electron chi connectivity index (χ0n) is 14.0. The Hall–Kier alpha value is -2.31. The maximum atomic E-state index is 12.3. The number of allylic oxidation sites excluding steroid dienone is 1.